The van der Waals surface area contributed by atoms with Crippen LogP contribution < -0.4 is 0 Å². The van der Waals surface area contributed by atoms with Crippen molar-refractivity contribution < 1.29 is 10.2 Å². The quantitative estimate of drug-likeness (QED) is 0.445. The molecule has 8 atom stereocenters. The van der Waals surface area contributed by atoms with Crippen molar-refractivity contribution in [1.29, 1.82) is 0 Å². The van der Waals surface area contributed by atoms with Crippen molar-refractivity contribution in [2.45, 2.75) is 112 Å². The molecule has 0 amide bonds. The van der Waals surface area contributed by atoms with E-state index in [2.05, 4.69) is 47.6 Å². The minimum absolute atomic E-state index is 0.0741. The number of hydrogen-bond acceptors (Lipinski definition) is 2. The first-order valence-corrected chi connectivity index (χ1v) is 13.6. The van der Waals surface area contributed by atoms with Gasteiger partial charge in [-0.1, -0.05) is 66.0 Å². The summed E-state index contributed by atoms with van der Waals surface area (Å²) >= 11 is 0. The highest BCUT2D eigenvalue weighted by Crippen LogP contribution is 2.68. The molecule has 0 bridgehead atoms. The van der Waals surface area contributed by atoms with Crippen molar-refractivity contribution in [3.8, 4) is 0 Å². The molecule has 2 N–H and O–H groups in total. The highest BCUT2D eigenvalue weighted by Gasteiger charge is 2.61. The summed E-state index contributed by atoms with van der Waals surface area (Å²) in [7, 11) is 0. The lowest BCUT2D eigenvalue weighted by Gasteiger charge is -2.61. The average molecular weight is 431 g/mol. The van der Waals surface area contributed by atoms with E-state index < -0.39 is 0 Å². The second-order valence-electron chi connectivity index (χ2n) is 13.4. The normalized spacial score (nSPS) is 44.9. The molecular formula is C29H50O2. The van der Waals surface area contributed by atoms with Crippen molar-refractivity contribution in [3.63, 3.8) is 0 Å². The van der Waals surface area contributed by atoms with Crippen LogP contribution in [-0.2, 0) is 0 Å². The number of aliphatic hydroxyl groups is 2. The molecular weight excluding hydrogens is 380 g/mol. The fourth-order valence-corrected chi connectivity index (χ4v) is 9.41. The standard InChI is InChI=1S/C29H50O2/c1-19(2)8-7-9-20(18-30)22-11-12-23-21-10-13-25-27(3,4)26(31)15-17-29(25,6)24(21)14-16-28(22,23)5/h13,19-24,26,30-31H,7-12,14-18H2,1-6H3/t20-,21-,22+,23-,24-,26+,28+,29+/m0/s1. The molecule has 2 heteroatoms. The molecule has 4 aliphatic carbocycles. The van der Waals surface area contributed by atoms with E-state index in [-0.39, 0.29) is 16.9 Å². The fourth-order valence-electron chi connectivity index (χ4n) is 9.41. The third-order valence-electron chi connectivity index (χ3n) is 11.2. The van der Waals surface area contributed by atoms with Gasteiger partial charge in [0.05, 0.1) is 6.10 Å². The SMILES string of the molecule is CC(C)CCC[C@@H](CO)[C@H]1CC[C@H]2[C@@H]3CC=C4C(C)(C)[C@H](O)CC[C@]4(C)[C@H]3CC[C@]12C. The van der Waals surface area contributed by atoms with Gasteiger partial charge in [-0.2, -0.15) is 0 Å². The first kappa shape index (κ1) is 23.8. The predicted octanol–water partition coefficient (Wildman–Crippen LogP) is 7.00. The van der Waals surface area contributed by atoms with Gasteiger partial charge >= 0.3 is 0 Å². The number of allylic oxidation sites excluding steroid dienone is 1. The Balaban J connectivity index is 1.55. The second-order valence-corrected chi connectivity index (χ2v) is 13.4. The van der Waals surface area contributed by atoms with Gasteiger partial charge in [0.15, 0.2) is 0 Å². The topological polar surface area (TPSA) is 40.5 Å². The van der Waals surface area contributed by atoms with Crippen LogP contribution in [0.2, 0.25) is 0 Å². The maximum absolute atomic E-state index is 10.7. The number of fused-ring (bicyclic) bond motifs is 5. The molecule has 3 saturated carbocycles. The van der Waals surface area contributed by atoms with Crippen molar-refractivity contribution in [2.24, 2.45) is 51.8 Å². The van der Waals surface area contributed by atoms with Crippen LogP contribution in [0.5, 0.6) is 0 Å². The molecule has 31 heavy (non-hydrogen) atoms. The third-order valence-corrected chi connectivity index (χ3v) is 11.2. The molecule has 0 radical (unpaired) electrons. The molecule has 178 valence electrons. The Hall–Kier alpha value is -0.340. The zero-order valence-corrected chi connectivity index (χ0v) is 21.3. The molecule has 0 aromatic carbocycles. The average Bonchev–Trinajstić information content (AvgIpc) is 3.05. The summed E-state index contributed by atoms with van der Waals surface area (Å²) < 4.78 is 0. The van der Waals surface area contributed by atoms with E-state index in [0.29, 0.717) is 23.9 Å². The van der Waals surface area contributed by atoms with E-state index in [1.54, 1.807) is 5.57 Å². The van der Waals surface area contributed by atoms with Crippen molar-refractivity contribution in [2.75, 3.05) is 6.61 Å². The van der Waals surface area contributed by atoms with Crippen LogP contribution in [0.15, 0.2) is 11.6 Å². The summed E-state index contributed by atoms with van der Waals surface area (Å²) in [5, 5.41) is 21.1. The highest BCUT2D eigenvalue weighted by molar-refractivity contribution is 5.31. The van der Waals surface area contributed by atoms with Gasteiger partial charge in [0.2, 0.25) is 0 Å². The Bertz CT molecular complexity index is 678. The number of aliphatic hydroxyl groups excluding tert-OH is 2. The lowest BCUT2D eigenvalue weighted by atomic mass is 9.44. The van der Waals surface area contributed by atoms with E-state index in [1.807, 2.05) is 0 Å². The molecule has 0 aliphatic heterocycles. The van der Waals surface area contributed by atoms with Gasteiger partial charge < -0.3 is 10.2 Å². The summed E-state index contributed by atoms with van der Waals surface area (Å²) in [5.41, 5.74) is 2.19. The minimum Gasteiger partial charge on any atom is -0.396 e. The fraction of sp³-hybridized carbons (Fsp3) is 0.931. The molecule has 2 nitrogen and oxygen atoms in total. The minimum atomic E-state index is -0.191. The van der Waals surface area contributed by atoms with Crippen molar-refractivity contribution in [1.82, 2.24) is 0 Å². The van der Waals surface area contributed by atoms with Gasteiger partial charge in [0.1, 0.15) is 0 Å². The maximum atomic E-state index is 10.7. The van der Waals surface area contributed by atoms with Gasteiger partial charge in [-0.15, -0.1) is 0 Å². The zero-order chi connectivity index (χ0) is 22.6. The molecule has 0 aromatic heterocycles. The Morgan fingerprint density at radius 1 is 0.968 bits per heavy atom. The molecule has 3 fully saturated rings. The van der Waals surface area contributed by atoms with E-state index in [4.69, 9.17) is 0 Å². The summed E-state index contributed by atoms with van der Waals surface area (Å²) in [6, 6.07) is 0. The number of hydrogen-bond donors (Lipinski definition) is 2. The van der Waals surface area contributed by atoms with Crippen LogP contribution in [0.25, 0.3) is 0 Å². The van der Waals surface area contributed by atoms with Gasteiger partial charge in [-0.25, -0.2) is 0 Å². The Labute approximate surface area is 192 Å². The van der Waals surface area contributed by atoms with Gasteiger partial charge in [-0.3, -0.25) is 0 Å². The maximum Gasteiger partial charge on any atom is 0.0628 e. The van der Waals surface area contributed by atoms with Crippen LogP contribution in [0.3, 0.4) is 0 Å². The largest absolute Gasteiger partial charge is 0.396 e. The number of rotatable bonds is 6. The Kier molecular flexibility index (Phi) is 6.50. The van der Waals surface area contributed by atoms with Gasteiger partial charge in [0.25, 0.3) is 0 Å². The van der Waals surface area contributed by atoms with Crippen LogP contribution in [0.1, 0.15) is 106 Å². The predicted molar refractivity (Wildman–Crippen MR) is 130 cm³/mol. The molecule has 0 saturated heterocycles. The summed E-state index contributed by atoms with van der Waals surface area (Å²) in [4.78, 5) is 0. The first-order valence-electron chi connectivity index (χ1n) is 13.6. The van der Waals surface area contributed by atoms with Crippen LogP contribution >= 0.6 is 0 Å². The van der Waals surface area contributed by atoms with Crippen molar-refractivity contribution in [3.05, 3.63) is 11.6 Å². The molecule has 4 aliphatic rings. The second kappa shape index (κ2) is 8.46. The Morgan fingerprint density at radius 2 is 1.71 bits per heavy atom. The monoisotopic (exact) mass is 430 g/mol. The molecule has 0 spiro atoms. The van der Waals surface area contributed by atoms with Crippen molar-refractivity contribution >= 4 is 0 Å². The van der Waals surface area contributed by atoms with Gasteiger partial charge in [0, 0.05) is 12.0 Å². The highest BCUT2D eigenvalue weighted by atomic mass is 16.3. The summed E-state index contributed by atoms with van der Waals surface area (Å²) in [6.45, 7) is 14.7. The Morgan fingerprint density at radius 3 is 2.39 bits per heavy atom. The smallest absolute Gasteiger partial charge is 0.0628 e. The first-order chi connectivity index (χ1) is 14.6. The summed E-state index contributed by atoms with van der Waals surface area (Å²) in [6.07, 6.45) is 14.9. The lowest BCUT2D eigenvalue weighted by Crippen LogP contribution is -2.54. The lowest BCUT2D eigenvalue weighted by molar-refractivity contribution is -0.0812. The van der Waals surface area contributed by atoms with E-state index in [9.17, 15) is 10.2 Å². The van der Waals surface area contributed by atoms with E-state index in [1.165, 1.54) is 51.4 Å². The molecule has 0 unspecified atom stereocenters. The molecule has 0 aromatic rings. The van der Waals surface area contributed by atoms with Gasteiger partial charge in [-0.05, 0) is 97.7 Å². The molecule has 0 heterocycles. The molecule has 4 rings (SSSR count). The van der Waals surface area contributed by atoms with Crippen LogP contribution in [0.4, 0.5) is 0 Å². The van der Waals surface area contributed by atoms with Crippen LogP contribution in [0, 0.1) is 51.8 Å². The summed E-state index contributed by atoms with van der Waals surface area (Å²) in [5.74, 6) is 4.38. The van der Waals surface area contributed by atoms with E-state index in [0.717, 1.165) is 36.5 Å². The van der Waals surface area contributed by atoms with Crippen LogP contribution in [-0.4, -0.2) is 22.9 Å². The van der Waals surface area contributed by atoms with E-state index >= 15 is 0 Å². The zero-order valence-electron chi connectivity index (χ0n) is 21.3. The third kappa shape index (κ3) is 3.76.